The number of pyridine rings is 1. The summed E-state index contributed by atoms with van der Waals surface area (Å²) in [5.74, 6) is 0.00716. The molecule has 0 saturated heterocycles. The van der Waals surface area contributed by atoms with Crippen molar-refractivity contribution in [1.82, 2.24) is 24.5 Å². The number of ketones is 1. The van der Waals surface area contributed by atoms with E-state index in [0.29, 0.717) is 28.6 Å². The summed E-state index contributed by atoms with van der Waals surface area (Å²) in [6, 6.07) is 11.2. The molecule has 3 aromatic heterocycles. The van der Waals surface area contributed by atoms with E-state index in [-0.39, 0.29) is 28.9 Å². The third kappa shape index (κ3) is 6.37. The number of nitrogens with zero attached hydrogens (tertiary/aromatic N) is 4. The van der Waals surface area contributed by atoms with Crippen molar-refractivity contribution in [2.24, 2.45) is 7.05 Å². The molecule has 43 heavy (non-hydrogen) atoms. The molecule has 222 valence electrons. The van der Waals surface area contributed by atoms with Gasteiger partial charge in [-0.3, -0.25) is 9.78 Å². The van der Waals surface area contributed by atoms with Crippen molar-refractivity contribution in [2.75, 3.05) is 5.32 Å². The van der Waals surface area contributed by atoms with Gasteiger partial charge in [0.25, 0.3) is 0 Å². The molecule has 0 bridgehead atoms. The zero-order valence-electron chi connectivity index (χ0n) is 22.7. The van der Waals surface area contributed by atoms with E-state index in [4.69, 9.17) is 4.74 Å². The number of hydrogen-bond acceptors (Lipinski definition) is 6. The highest BCUT2D eigenvalue weighted by Gasteiger charge is 2.35. The van der Waals surface area contributed by atoms with Crippen LogP contribution in [0.3, 0.4) is 0 Å². The molecule has 0 spiro atoms. The number of fused-ring (bicyclic) bond motifs is 1. The minimum atomic E-state index is -4.76. The van der Waals surface area contributed by atoms with Gasteiger partial charge in [-0.05, 0) is 56.3 Å². The average molecular weight is 601 g/mol. The first-order valence-electron chi connectivity index (χ1n) is 12.6. The van der Waals surface area contributed by atoms with Gasteiger partial charge in [0.2, 0.25) is 5.95 Å². The van der Waals surface area contributed by atoms with Crippen LogP contribution in [0.2, 0.25) is 0 Å². The van der Waals surface area contributed by atoms with Crippen molar-refractivity contribution < 1.29 is 35.9 Å². The maximum Gasteiger partial charge on any atom is 0.432 e. The lowest BCUT2D eigenvalue weighted by Crippen LogP contribution is -2.13. The van der Waals surface area contributed by atoms with Crippen LogP contribution in [0.25, 0.3) is 22.6 Å². The maximum absolute atomic E-state index is 13.8. The Morgan fingerprint density at radius 1 is 0.953 bits per heavy atom. The Hall–Kier alpha value is -5.14. The summed E-state index contributed by atoms with van der Waals surface area (Å²) in [4.78, 5) is 26.8. The number of allylic oxidation sites excluding steroid dienone is 2. The number of rotatable bonds is 7. The van der Waals surface area contributed by atoms with Gasteiger partial charge in [-0.2, -0.15) is 26.3 Å². The highest BCUT2D eigenvalue weighted by molar-refractivity contribution is 6.06. The molecule has 8 nitrogen and oxygen atoms in total. The van der Waals surface area contributed by atoms with Crippen LogP contribution >= 0.6 is 0 Å². The summed E-state index contributed by atoms with van der Waals surface area (Å²) in [5.41, 5.74) is -0.685. The zero-order valence-corrected chi connectivity index (χ0v) is 22.7. The summed E-state index contributed by atoms with van der Waals surface area (Å²) in [6.45, 7) is 3.24. The molecule has 0 saturated carbocycles. The quantitative estimate of drug-likeness (QED) is 0.111. The number of carbonyl (C=O) groups excluding carboxylic acids is 1. The van der Waals surface area contributed by atoms with Crippen molar-refractivity contribution in [1.29, 1.82) is 0 Å². The number of alkyl halides is 6. The minimum Gasteiger partial charge on any atom is -0.457 e. The molecule has 5 aromatic rings. The topological polar surface area (TPSA) is 97.7 Å². The maximum atomic E-state index is 13.8. The van der Waals surface area contributed by atoms with Gasteiger partial charge in [0.15, 0.2) is 11.6 Å². The molecule has 0 atom stereocenters. The zero-order chi connectivity index (χ0) is 31.1. The number of H-pyrrole nitrogens is 1. The Labute approximate surface area is 240 Å². The predicted molar refractivity (Wildman–Crippen MR) is 146 cm³/mol. The van der Waals surface area contributed by atoms with Crippen molar-refractivity contribution in [2.45, 2.75) is 26.2 Å². The molecular formula is C29H22F6N6O2. The van der Waals surface area contributed by atoms with Crippen LogP contribution in [-0.2, 0) is 19.4 Å². The van der Waals surface area contributed by atoms with E-state index in [1.54, 1.807) is 43.7 Å². The van der Waals surface area contributed by atoms with Crippen LogP contribution in [0.1, 0.15) is 35.5 Å². The minimum absolute atomic E-state index is 0.0758. The van der Waals surface area contributed by atoms with Gasteiger partial charge in [0.05, 0.1) is 22.8 Å². The first-order valence-corrected chi connectivity index (χ1v) is 12.6. The van der Waals surface area contributed by atoms with Crippen LogP contribution in [0.4, 0.5) is 38.0 Å². The Bertz CT molecular complexity index is 1870. The number of nitrogens with one attached hydrogen (secondary N) is 2. The standard InChI is InChI=1S/C29H22F6N6O2/c1-15(2)10-24(42)19-6-4-16(11-20(19)28(30,31)32)38-27-39-21-12-17(5-7-23(21)41(27)3)43-18-8-9-36-22(13-18)26-37-14-25(40-26)29(33,34)35/h4-14H,1-3H3,(H,37,40)(H,38,39). The molecule has 0 radical (unpaired) electrons. The lowest BCUT2D eigenvalue weighted by atomic mass is 10.0. The van der Waals surface area contributed by atoms with Crippen molar-refractivity contribution in [3.05, 3.63) is 89.4 Å². The number of aromatic amines is 1. The summed E-state index contributed by atoms with van der Waals surface area (Å²) in [5, 5.41) is 2.87. The Balaban J connectivity index is 1.39. The van der Waals surface area contributed by atoms with E-state index in [2.05, 4.69) is 25.3 Å². The number of imidazole rings is 2. The second kappa shape index (κ2) is 10.9. The van der Waals surface area contributed by atoms with Crippen LogP contribution in [0, 0.1) is 0 Å². The normalized spacial score (nSPS) is 11.9. The van der Waals surface area contributed by atoms with Crippen LogP contribution in [0.5, 0.6) is 11.5 Å². The van der Waals surface area contributed by atoms with E-state index in [9.17, 15) is 31.1 Å². The largest absolute Gasteiger partial charge is 0.457 e. The van der Waals surface area contributed by atoms with E-state index in [0.717, 1.165) is 18.2 Å². The number of ether oxygens (including phenoxy) is 1. The molecule has 0 aliphatic carbocycles. The predicted octanol–water partition coefficient (Wildman–Crippen LogP) is 8.08. The van der Waals surface area contributed by atoms with Gasteiger partial charge in [0.1, 0.15) is 22.9 Å². The molecule has 0 unspecified atom stereocenters. The Kier molecular flexibility index (Phi) is 7.46. The molecule has 5 rings (SSSR count). The summed E-state index contributed by atoms with van der Waals surface area (Å²) >= 11 is 0. The first kappa shape index (κ1) is 29.4. The fraction of sp³-hybridized carbons (Fsp3) is 0.172. The monoisotopic (exact) mass is 600 g/mol. The molecule has 0 amide bonds. The number of aryl methyl sites for hydroxylation is 1. The smallest absolute Gasteiger partial charge is 0.432 e. The van der Waals surface area contributed by atoms with Crippen LogP contribution < -0.4 is 10.1 Å². The van der Waals surface area contributed by atoms with Crippen molar-refractivity contribution >= 4 is 28.5 Å². The third-order valence-electron chi connectivity index (χ3n) is 6.21. The van der Waals surface area contributed by atoms with Gasteiger partial charge in [-0.25, -0.2) is 9.97 Å². The third-order valence-corrected chi connectivity index (χ3v) is 6.21. The van der Waals surface area contributed by atoms with Crippen LogP contribution in [-0.4, -0.2) is 30.3 Å². The Morgan fingerprint density at radius 3 is 2.37 bits per heavy atom. The lowest BCUT2D eigenvalue weighted by molar-refractivity contribution is -0.141. The number of benzene rings is 2. The number of hydrogen-bond donors (Lipinski definition) is 2. The van der Waals surface area contributed by atoms with E-state index in [1.165, 1.54) is 24.4 Å². The number of aromatic nitrogens is 5. The summed E-state index contributed by atoms with van der Waals surface area (Å²) < 4.78 is 87.7. The molecule has 3 heterocycles. The van der Waals surface area contributed by atoms with Gasteiger partial charge < -0.3 is 19.6 Å². The summed E-state index contributed by atoms with van der Waals surface area (Å²) in [7, 11) is 1.67. The van der Waals surface area contributed by atoms with Crippen molar-refractivity contribution in [3.63, 3.8) is 0 Å². The fourth-order valence-electron chi connectivity index (χ4n) is 4.23. The van der Waals surface area contributed by atoms with Gasteiger partial charge in [-0.1, -0.05) is 5.57 Å². The molecule has 0 fully saturated rings. The highest BCUT2D eigenvalue weighted by atomic mass is 19.4. The molecular weight excluding hydrogens is 578 g/mol. The highest BCUT2D eigenvalue weighted by Crippen LogP contribution is 2.36. The van der Waals surface area contributed by atoms with Gasteiger partial charge in [0, 0.05) is 36.6 Å². The Morgan fingerprint density at radius 2 is 1.70 bits per heavy atom. The van der Waals surface area contributed by atoms with E-state index >= 15 is 0 Å². The molecule has 0 aliphatic rings. The number of halogens is 6. The second-order valence-corrected chi connectivity index (χ2v) is 9.74. The fourth-order valence-corrected chi connectivity index (χ4v) is 4.23. The van der Waals surface area contributed by atoms with Crippen molar-refractivity contribution in [3.8, 4) is 23.0 Å². The van der Waals surface area contributed by atoms with Crippen LogP contribution in [0.15, 0.2) is 72.6 Å². The first-order chi connectivity index (χ1) is 20.2. The molecule has 14 heteroatoms. The van der Waals surface area contributed by atoms with E-state index in [1.807, 2.05) is 0 Å². The molecule has 2 aromatic carbocycles. The average Bonchev–Trinajstić information content (AvgIpc) is 3.54. The van der Waals surface area contributed by atoms with Gasteiger partial charge >= 0.3 is 12.4 Å². The second-order valence-electron chi connectivity index (χ2n) is 9.74. The van der Waals surface area contributed by atoms with E-state index < -0.39 is 35.0 Å². The molecule has 2 N–H and O–H groups in total. The number of carbonyl (C=O) groups is 1. The van der Waals surface area contributed by atoms with Gasteiger partial charge in [-0.15, -0.1) is 0 Å². The summed E-state index contributed by atoms with van der Waals surface area (Å²) in [6.07, 6.45) is -6.17. The molecule has 0 aliphatic heterocycles. The number of anilines is 2. The lowest BCUT2D eigenvalue weighted by Gasteiger charge is -2.14. The SMILES string of the molecule is CC(C)=CC(=O)c1ccc(Nc2nc3cc(Oc4ccnc(-c5ncc(C(F)(F)F)[nH]5)c4)ccc3n2C)cc1C(F)(F)F.